The molecule has 1 aliphatic heterocycles. The monoisotopic (exact) mass is 395 g/mol. The SMILES string of the molecule is COc1ccccc1-c1ccc(N2CCN(C(=O)NC3CCCCC3)CC2)nn1. The summed E-state index contributed by atoms with van der Waals surface area (Å²) < 4.78 is 5.41. The highest BCUT2D eigenvalue weighted by Crippen LogP contribution is 2.28. The summed E-state index contributed by atoms with van der Waals surface area (Å²) in [5.41, 5.74) is 1.72. The van der Waals surface area contributed by atoms with Crippen LogP contribution in [0.15, 0.2) is 36.4 Å². The summed E-state index contributed by atoms with van der Waals surface area (Å²) in [6.07, 6.45) is 5.96. The average Bonchev–Trinajstić information content (AvgIpc) is 2.80. The number of rotatable bonds is 4. The summed E-state index contributed by atoms with van der Waals surface area (Å²) in [5.74, 6) is 1.63. The van der Waals surface area contributed by atoms with E-state index in [0.29, 0.717) is 19.1 Å². The number of anilines is 1. The highest BCUT2D eigenvalue weighted by molar-refractivity contribution is 5.75. The second kappa shape index (κ2) is 9.11. The van der Waals surface area contributed by atoms with Gasteiger partial charge in [0.25, 0.3) is 0 Å². The predicted molar refractivity (Wildman–Crippen MR) is 113 cm³/mol. The van der Waals surface area contributed by atoms with Crippen molar-refractivity contribution >= 4 is 11.8 Å². The zero-order valence-electron chi connectivity index (χ0n) is 17.0. The molecule has 4 rings (SSSR count). The van der Waals surface area contributed by atoms with Crippen molar-refractivity contribution in [3.63, 3.8) is 0 Å². The van der Waals surface area contributed by atoms with Crippen LogP contribution in [-0.4, -0.2) is 60.5 Å². The number of benzene rings is 1. The Hall–Kier alpha value is -2.83. The Morgan fingerprint density at radius 2 is 1.76 bits per heavy atom. The number of methoxy groups -OCH3 is 1. The number of carbonyl (C=O) groups is 1. The van der Waals surface area contributed by atoms with Crippen molar-refractivity contribution in [2.45, 2.75) is 38.1 Å². The average molecular weight is 396 g/mol. The molecule has 1 N–H and O–H groups in total. The number of urea groups is 1. The molecule has 0 unspecified atom stereocenters. The number of hydrogen-bond acceptors (Lipinski definition) is 5. The number of nitrogens with zero attached hydrogens (tertiary/aromatic N) is 4. The lowest BCUT2D eigenvalue weighted by atomic mass is 9.96. The number of amides is 2. The summed E-state index contributed by atoms with van der Waals surface area (Å²) in [6, 6.07) is 12.2. The van der Waals surface area contributed by atoms with Crippen molar-refractivity contribution in [2.75, 3.05) is 38.2 Å². The van der Waals surface area contributed by atoms with Gasteiger partial charge in [-0.25, -0.2) is 4.79 Å². The summed E-state index contributed by atoms with van der Waals surface area (Å²) in [5, 5.41) is 12.0. The van der Waals surface area contributed by atoms with E-state index in [1.807, 2.05) is 41.3 Å². The van der Waals surface area contributed by atoms with Crippen LogP contribution in [0.1, 0.15) is 32.1 Å². The van der Waals surface area contributed by atoms with Crippen LogP contribution < -0.4 is 15.0 Å². The third-order valence-corrected chi connectivity index (χ3v) is 5.86. The van der Waals surface area contributed by atoms with Gasteiger partial charge in [-0.15, -0.1) is 10.2 Å². The molecule has 0 atom stereocenters. The van der Waals surface area contributed by atoms with Crippen molar-refractivity contribution in [3.05, 3.63) is 36.4 Å². The van der Waals surface area contributed by atoms with E-state index in [2.05, 4.69) is 20.4 Å². The van der Waals surface area contributed by atoms with Gasteiger partial charge in [0.2, 0.25) is 0 Å². The molecule has 7 heteroatoms. The summed E-state index contributed by atoms with van der Waals surface area (Å²) in [7, 11) is 1.66. The molecule has 154 valence electrons. The second-order valence-corrected chi connectivity index (χ2v) is 7.74. The Bertz CT molecular complexity index is 812. The molecule has 1 saturated carbocycles. The first-order valence-electron chi connectivity index (χ1n) is 10.5. The quantitative estimate of drug-likeness (QED) is 0.860. The first-order chi connectivity index (χ1) is 14.2. The number of nitrogens with one attached hydrogen (secondary N) is 1. The van der Waals surface area contributed by atoms with Crippen LogP contribution >= 0.6 is 0 Å². The fourth-order valence-corrected chi connectivity index (χ4v) is 4.15. The summed E-state index contributed by atoms with van der Waals surface area (Å²) >= 11 is 0. The topological polar surface area (TPSA) is 70.6 Å². The number of ether oxygens (including phenoxy) is 1. The minimum atomic E-state index is 0.0779. The molecule has 1 aromatic carbocycles. The molecular formula is C22H29N5O2. The lowest BCUT2D eigenvalue weighted by Gasteiger charge is -2.36. The van der Waals surface area contributed by atoms with Gasteiger partial charge in [-0.2, -0.15) is 0 Å². The van der Waals surface area contributed by atoms with Gasteiger partial charge < -0.3 is 19.9 Å². The van der Waals surface area contributed by atoms with Gasteiger partial charge >= 0.3 is 6.03 Å². The molecule has 1 aliphatic carbocycles. The van der Waals surface area contributed by atoms with Crippen molar-refractivity contribution in [1.29, 1.82) is 0 Å². The van der Waals surface area contributed by atoms with Crippen molar-refractivity contribution in [1.82, 2.24) is 20.4 Å². The molecule has 2 heterocycles. The van der Waals surface area contributed by atoms with E-state index in [9.17, 15) is 4.79 Å². The van der Waals surface area contributed by atoms with E-state index in [1.165, 1.54) is 19.3 Å². The second-order valence-electron chi connectivity index (χ2n) is 7.74. The van der Waals surface area contributed by atoms with Crippen LogP contribution in [0.3, 0.4) is 0 Å². The maximum absolute atomic E-state index is 12.5. The minimum Gasteiger partial charge on any atom is -0.496 e. The first kappa shape index (κ1) is 19.5. The van der Waals surface area contributed by atoms with Gasteiger partial charge in [0.1, 0.15) is 5.75 Å². The third-order valence-electron chi connectivity index (χ3n) is 5.86. The summed E-state index contributed by atoms with van der Waals surface area (Å²) in [4.78, 5) is 16.6. The van der Waals surface area contributed by atoms with Crippen molar-refractivity contribution < 1.29 is 9.53 Å². The molecule has 2 amide bonds. The number of para-hydroxylation sites is 1. The molecule has 1 aromatic heterocycles. The van der Waals surface area contributed by atoms with E-state index in [-0.39, 0.29) is 6.03 Å². The maximum atomic E-state index is 12.5. The van der Waals surface area contributed by atoms with Gasteiger partial charge in [-0.3, -0.25) is 0 Å². The fourth-order valence-electron chi connectivity index (χ4n) is 4.15. The number of aromatic nitrogens is 2. The van der Waals surface area contributed by atoms with Crippen LogP contribution in [0, 0.1) is 0 Å². The van der Waals surface area contributed by atoms with E-state index in [1.54, 1.807) is 7.11 Å². The van der Waals surface area contributed by atoms with E-state index in [4.69, 9.17) is 4.74 Å². The largest absolute Gasteiger partial charge is 0.496 e. The predicted octanol–water partition coefficient (Wildman–Crippen LogP) is 3.32. The zero-order chi connectivity index (χ0) is 20.1. The Morgan fingerprint density at radius 1 is 1.00 bits per heavy atom. The zero-order valence-corrected chi connectivity index (χ0v) is 17.0. The standard InChI is InChI=1S/C22H29N5O2/c1-29-20-10-6-5-9-18(20)19-11-12-21(25-24-19)26-13-15-27(16-14-26)22(28)23-17-7-3-2-4-8-17/h5-6,9-12,17H,2-4,7-8,13-16H2,1H3,(H,23,28). The van der Waals surface area contributed by atoms with Crippen molar-refractivity contribution in [2.24, 2.45) is 0 Å². The Kier molecular flexibility index (Phi) is 6.12. The Labute approximate surface area is 172 Å². The molecule has 1 saturated heterocycles. The number of carbonyl (C=O) groups excluding carboxylic acids is 1. The summed E-state index contributed by atoms with van der Waals surface area (Å²) in [6.45, 7) is 2.94. The lowest BCUT2D eigenvalue weighted by Crippen LogP contribution is -2.53. The highest BCUT2D eigenvalue weighted by Gasteiger charge is 2.24. The molecule has 2 aliphatic rings. The van der Waals surface area contributed by atoms with Gasteiger partial charge in [0.05, 0.1) is 12.8 Å². The molecule has 7 nitrogen and oxygen atoms in total. The van der Waals surface area contributed by atoms with Crippen LogP contribution in [0.25, 0.3) is 11.3 Å². The van der Waals surface area contributed by atoms with Gasteiger partial charge in [0, 0.05) is 37.8 Å². The molecule has 29 heavy (non-hydrogen) atoms. The Balaban J connectivity index is 1.33. The van der Waals surface area contributed by atoms with E-state index in [0.717, 1.165) is 48.8 Å². The third kappa shape index (κ3) is 4.60. The van der Waals surface area contributed by atoms with E-state index < -0.39 is 0 Å². The van der Waals surface area contributed by atoms with E-state index >= 15 is 0 Å². The molecule has 0 spiro atoms. The van der Waals surface area contributed by atoms with Crippen LogP contribution in [0.5, 0.6) is 5.75 Å². The normalized spacial score (nSPS) is 17.8. The molecular weight excluding hydrogens is 366 g/mol. The number of hydrogen-bond donors (Lipinski definition) is 1. The van der Waals surface area contributed by atoms with Crippen LogP contribution in [0.4, 0.5) is 10.6 Å². The lowest BCUT2D eigenvalue weighted by molar-refractivity contribution is 0.186. The van der Waals surface area contributed by atoms with Gasteiger partial charge in [-0.1, -0.05) is 31.4 Å². The highest BCUT2D eigenvalue weighted by atomic mass is 16.5. The van der Waals surface area contributed by atoms with Crippen LogP contribution in [0.2, 0.25) is 0 Å². The molecule has 0 bridgehead atoms. The molecule has 0 radical (unpaired) electrons. The maximum Gasteiger partial charge on any atom is 0.317 e. The van der Waals surface area contributed by atoms with Crippen molar-refractivity contribution in [3.8, 4) is 17.0 Å². The smallest absolute Gasteiger partial charge is 0.317 e. The fraction of sp³-hybridized carbons (Fsp3) is 0.500. The molecule has 2 fully saturated rings. The van der Waals surface area contributed by atoms with Gasteiger partial charge in [0.15, 0.2) is 5.82 Å². The molecule has 2 aromatic rings. The number of piperazine rings is 1. The minimum absolute atomic E-state index is 0.0779. The van der Waals surface area contributed by atoms with Crippen LogP contribution in [-0.2, 0) is 0 Å². The first-order valence-corrected chi connectivity index (χ1v) is 10.5. The van der Waals surface area contributed by atoms with Gasteiger partial charge in [-0.05, 0) is 37.1 Å². The Morgan fingerprint density at radius 3 is 2.45 bits per heavy atom.